The summed E-state index contributed by atoms with van der Waals surface area (Å²) < 4.78 is 0. The maximum absolute atomic E-state index is 2.71. The van der Waals surface area contributed by atoms with Gasteiger partial charge < -0.3 is 9.71 Å². The summed E-state index contributed by atoms with van der Waals surface area (Å²) in [4.78, 5) is 8.31. The Bertz CT molecular complexity index is 2950. The standard InChI is InChI=1S/C51H39BN2S/c1-51(2)41-20-11-10-19-37(41)39-31-40-38-29-34-17-8-9-18-35(34)30-44(38)54(36-27-25-33(26-28-36)32-15-6-5-7-16-32)52-42-21-14-24-46-49(42)53(50(47(39)51)48(40)52)43-22-12-13-23-45(43)55(46,3)4/h5-31H,1-4H3. The van der Waals surface area contributed by atoms with E-state index in [0.717, 1.165) is 0 Å². The second-order valence-corrected chi connectivity index (χ2v) is 20.0. The van der Waals surface area contributed by atoms with Crippen LogP contribution in [0.4, 0.5) is 28.4 Å². The Labute approximate surface area is 325 Å². The molecule has 0 N–H and O–H groups in total. The fourth-order valence-corrected chi connectivity index (χ4v) is 13.0. The van der Waals surface area contributed by atoms with Gasteiger partial charge in [0.1, 0.15) is 0 Å². The second kappa shape index (κ2) is 10.8. The summed E-state index contributed by atoms with van der Waals surface area (Å²) >= 11 is 0. The van der Waals surface area contributed by atoms with Gasteiger partial charge in [-0.3, -0.25) is 0 Å². The highest BCUT2D eigenvalue weighted by atomic mass is 32.3. The van der Waals surface area contributed by atoms with Crippen molar-refractivity contribution in [3.63, 3.8) is 0 Å². The molecule has 8 aromatic rings. The number of hydrogen-bond acceptors (Lipinski definition) is 2. The predicted octanol–water partition coefficient (Wildman–Crippen LogP) is 12.3. The molecule has 0 radical (unpaired) electrons. The average Bonchev–Trinajstić information content (AvgIpc) is 3.45. The zero-order valence-electron chi connectivity index (χ0n) is 31.5. The van der Waals surface area contributed by atoms with Crippen LogP contribution in [-0.4, -0.2) is 19.4 Å². The summed E-state index contributed by atoms with van der Waals surface area (Å²) in [6, 6.07) is 62.0. The van der Waals surface area contributed by atoms with Crippen LogP contribution in [0.5, 0.6) is 0 Å². The molecule has 3 aliphatic heterocycles. The van der Waals surface area contributed by atoms with E-state index >= 15 is 0 Å². The molecule has 12 rings (SSSR count). The predicted molar refractivity (Wildman–Crippen MR) is 237 cm³/mol. The number of anilines is 5. The van der Waals surface area contributed by atoms with Gasteiger partial charge in [0.25, 0.3) is 0 Å². The number of para-hydroxylation sites is 2. The number of nitrogens with zero attached hydrogens (tertiary/aromatic N) is 2. The molecule has 2 nitrogen and oxygen atoms in total. The first-order chi connectivity index (χ1) is 26.8. The highest BCUT2D eigenvalue weighted by Crippen LogP contribution is 2.69. The minimum Gasteiger partial charge on any atom is -0.376 e. The molecular formula is C51H39BN2S. The highest BCUT2D eigenvalue weighted by Gasteiger charge is 2.52. The van der Waals surface area contributed by atoms with Crippen LogP contribution in [0.1, 0.15) is 25.0 Å². The van der Waals surface area contributed by atoms with Crippen molar-refractivity contribution >= 4 is 67.0 Å². The van der Waals surface area contributed by atoms with Gasteiger partial charge in [0.15, 0.2) is 0 Å². The van der Waals surface area contributed by atoms with Gasteiger partial charge in [-0.1, -0.05) is 129 Å². The van der Waals surface area contributed by atoms with E-state index in [1.165, 1.54) is 104 Å². The largest absolute Gasteiger partial charge is 0.376 e. The van der Waals surface area contributed by atoms with Crippen LogP contribution in [0.15, 0.2) is 174 Å². The third-order valence-corrected chi connectivity index (χ3v) is 15.9. The second-order valence-electron chi connectivity index (χ2n) is 16.5. The molecule has 0 saturated heterocycles. The zero-order valence-corrected chi connectivity index (χ0v) is 32.3. The van der Waals surface area contributed by atoms with Gasteiger partial charge in [0, 0.05) is 37.8 Å². The molecule has 0 atom stereocenters. The third-order valence-electron chi connectivity index (χ3n) is 13.0. The first kappa shape index (κ1) is 31.4. The van der Waals surface area contributed by atoms with Crippen molar-refractivity contribution in [2.75, 3.05) is 22.2 Å². The van der Waals surface area contributed by atoms with E-state index in [9.17, 15) is 0 Å². The molecule has 0 amide bonds. The van der Waals surface area contributed by atoms with Crippen LogP contribution in [0.25, 0.3) is 44.2 Å². The SMILES string of the molecule is CC1(C)c2ccccc2-c2cc3c4c(c21)N1c2ccccc2S(C)(C)c2cccc(c21)B4N(c1ccc(-c2ccccc2)cc1)c1cc2ccccc2cc1-3. The molecule has 0 fully saturated rings. The molecule has 0 unspecified atom stereocenters. The van der Waals surface area contributed by atoms with Crippen molar-refractivity contribution in [2.45, 2.75) is 29.1 Å². The van der Waals surface area contributed by atoms with Crippen LogP contribution in [-0.2, 0) is 5.41 Å². The summed E-state index contributed by atoms with van der Waals surface area (Å²) in [5.41, 5.74) is 19.8. The van der Waals surface area contributed by atoms with Crippen LogP contribution in [0, 0.1) is 0 Å². The maximum Gasteiger partial charge on any atom is 0.333 e. The lowest BCUT2D eigenvalue weighted by atomic mass is 9.42. The lowest BCUT2D eigenvalue weighted by Gasteiger charge is -2.52. The molecule has 8 aromatic carbocycles. The van der Waals surface area contributed by atoms with Gasteiger partial charge in [-0.25, -0.2) is 0 Å². The molecule has 1 aliphatic carbocycles. The van der Waals surface area contributed by atoms with E-state index < -0.39 is 10.0 Å². The Morgan fingerprint density at radius 1 is 0.509 bits per heavy atom. The number of benzene rings is 8. The van der Waals surface area contributed by atoms with Crippen molar-refractivity contribution in [2.24, 2.45) is 0 Å². The van der Waals surface area contributed by atoms with Gasteiger partial charge in [-0.15, -0.1) is 0 Å². The fraction of sp³-hybridized carbons (Fsp3) is 0.0980. The number of fused-ring (bicyclic) bond motifs is 11. The lowest BCUT2D eigenvalue weighted by molar-refractivity contribution is 0.661. The first-order valence-electron chi connectivity index (χ1n) is 19.4. The Hall–Kier alpha value is -5.97. The van der Waals surface area contributed by atoms with Gasteiger partial charge in [0.2, 0.25) is 0 Å². The smallest absolute Gasteiger partial charge is 0.333 e. The summed E-state index contributed by atoms with van der Waals surface area (Å²) in [7, 11) is -1.32. The molecule has 55 heavy (non-hydrogen) atoms. The van der Waals surface area contributed by atoms with E-state index in [1.807, 2.05) is 0 Å². The highest BCUT2D eigenvalue weighted by molar-refractivity contribution is 8.33. The van der Waals surface area contributed by atoms with Crippen LogP contribution in [0.2, 0.25) is 0 Å². The number of hydrogen-bond donors (Lipinski definition) is 0. The lowest BCUT2D eigenvalue weighted by Crippen LogP contribution is -2.62. The Balaban J connectivity index is 1.25. The van der Waals surface area contributed by atoms with Crippen molar-refractivity contribution < 1.29 is 0 Å². The van der Waals surface area contributed by atoms with Crippen molar-refractivity contribution in [1.82, 2.24) is 0 Å². The molecular weight excluding hydrogens is 683 g/mol. The van der Waals surface area contributed by atoms with Gasteiger partial charge in [0.05, 0.1) is 11.4 Å². The molecule has 0 bridgehead atoms. The summed E-state index contributed by atoms with van der Waals surface area (Å²) in [6.45, 7) is 4.87. The van der Waals surface area contributed by atoms with Crippen molar-refractivity contribution in [3.8, 4) is 33.4 Å². The normalized spacial score (nSPS) is 16.4. The maximum atomic E-state index is 2.71. The Morgan fingerprint density at radius 2 is 1.18 bits per heavy atom. The molecule has 0 aromatic heterocycles. The minimum atomic E-state index is -1.32. The van der Waals surface area contributed by atoms with Crippen molar-refractivity contribution in [3.05, 3.63) is 175 Å². The van der Waals surface area contributed by atoms with E-state index in [1.54, 1.807) is 0 Å². The first-order valence-corrected chi connectivity index (χ1v) is 21.8. The summed E-state index contributed by atoms with van der Waals surface area (Å²) in [5.74, 6) is 0. The van der Waals surface area contributed by atoms with Crippen LogP contribution >= 0.6 is 10.0 Å². The molecule has 3 heterocycles. The van der Waals surface area contributed by atoms with Gasteiger partial charge in [-0.05, 0) is 122 Å². The Kier molecular flexibility index (Phi) is 6.18. The molecule has 4 aliphatic rings. The minimum absolute atomic E-state index is 0.0299. The number of rotatable bonds is 2. The van der Waals surface area contributed by atoms with Gasteiger partial charge >= 0.3 is 6.85 Å². The molecule has 262 valence electrons. The molecule has 0 spiro atoms. The zero-order chi connectivity index (χ0) is 36.8. The van der Waals surface area contributed by atoms with E-state index in [-0.39, 0.29) is 12.3 Å². The third kappa shape index (κ3) is 4.02. The van der Waals surface area contributed by atoms with Gasteiger partial charge in [-0.2, -0.15) is 10.0 Å². The van der Waals surface area contributed by atoms with Crippen molar-refractivity contribution in [1.29, 1.82) is 0 Å². The summed E-state index contributed by atoms with van der Waals surface area (Å²) in [5, 5.41) is 2.52. The van der Waals surface area contributed by atoms with Crippen LogP contribution < -0.4 is 20.6 Å². The topological polar surface area (TPSA) is 6.48 Å². The average molecular weight is 723 g/mol. The summed E-state index contributed by atoms with van der Waals surface area (Å²) in [6.07, 6.45) is 4.99. The molecule has 4 heteroatoms. The Morgan fingerprint density at radius 3 is 2.00 bits per heavy atom. The van der Waals surface area contributed by atoms with E-state index in [4.69, 9.17) is 0 Å². The van der Waals surface area contributed by atoms with Crippen LogP contribution in [0.3, 0.4) is 0 Å². The fourth-order valence-electron chi connectivity index (χ4n) is 10.6. The quantitative estimate of drug-likeness (QED) is 0.164. The van der Waals surface area contributed by atoms with E-state index in [0.29, 0.717) is 0 Å². The molecule has 0 saturated carbocycles. The van der Waals surface area contributed by atoms with E-state index in [2.05, 4.69) is 200 Å². The monoisotopic (exact) mass is 722 g/mol.